The van der Waals surface area contributed by atoms with E-state index >= 15 is 0 Å². The smallest absolute Gasteiger partial charge is 0.388 e. The molecular formula is C12H22F3N3O2. The summed E-state index contributed by atoms with van der Waals surface area (Å²) in [5.41, 5.74) is -0.926. The molecule has 8 heteroatoms. The third kappa shape index (κ3) is 6.95. The summed E-state index contributed by atoms with van der Waals surface area (Å²) in [7, 11) is 0. The van der Waals surface area contributed by atoms with Gasteiger partial charge in [0.1, 0.15) is 0 Å². The Kier molecular flexibility index (Phi) is 6.54. The Morgan fingerprint density at radius 1 is 1.30 bits per heavy atom. The normalized spacial score (nSPS) is 19.8. The van der Waals surface area contributed by atoms with E-state index in [1.54, 1.807) is 0 Å². The lowest BCUT2D eigenvalue weighted by atomic mass is 9.95. The van der Waals surface area contributed by atoms with Crippen molar-refractivity contribution in [2.75, 3.05) is 32.8 Å². The molecule has 0 unspecified atom stereocenters. The third-order valence-electron chi connectivity index (χ3n) is 3.00. The molecule has 0 aromatic carbocycles. The number of rotatable bonds is 5. The Labute approximate surface area is 116 Å². The number of alkyl halides is 3. The van der Waals surface area contributed by atoms with Gasteiger partial charge in [-0.1, -0.05) is 0 Å². The van der Waals surface area contributed by atoms with Gasteiger partial charge in [-0.2, -0.15) is 13.2 Å². The van der Waals surface area contributed by atoms with Gasteiger partial charge >= 0.3 is 6.18 Å². The molecule has 1 aliphatic rings. The first kappa shape index (κ1) is 17.0. The number of ether oxygens (including phenoxy) is 1. The number of guanidine groups is 1. The van der Waals surface area contributed by atoms with E-state index in [1.165, 1.54) is 0 Å². The van der Waals surface area contributed by atoms with E-state index in [0.717, 1.165) is 0 Å². The van der Waals surface area contributed by atoms with E-state index in [0.29, 0.717) is 32.6 Å². The highest BCUT2D eigenvalue weighted by Crippen LogP contribution is 2.20. The van der Waals surface area contributed by atoms with Gasteiger partial charge in [0, 0.05) is 39.1 Å². The molecule has 20 heavy (non-hydrogen) atoms. The molecule has 0 radical (unpaired) electrons. The molecule has 5 nitrogen and oxygen atoms in total. The van der Waals surface area contributed by atoms with Crippen LogP contribution in [0.4, 0.5) is 13.2 Å². The highest BCUT2D eigenvalue weighted by molar-refractivity contribution is 5.79. The van der Waals surface area contributed by atoms with Gasteiger partial charge < -0.3 is 20.5 Å². The van der Waals surface area contributed by atoms with Crippen molar-refractivity contribution in [1.29, 1.82) is 0 Å². The highest BCUT2D eigenvalue weighted by atomic mass is 19.4. The number of aliphatic imine (C=N–C) groups is 1. The van der Waals surface area contributed by atoms with E-state index < -0.39 is 18.2 Å². The predicted octanol–water partition coefficient (Wildman–Crippen LogP) is 1.04. The number of hydrogen-bond acceptors (Lipinski definition) is 3. The summed E-state index contributed by atoms with van der Waals surface area (Å²) in [6.45, 7) is 3.23. The average Bonchev–Trinajstić information content (AvgIpc) is 2.35. The lowest BCUT2D eigenvalue weighted by Gasteiger charge is -2.30. The van der Waals surface area contributed by atoms with Crippen molar-refractivity contribution in [3.8, 4) is 0 Å². The fraction of sp³-hybridized carbons (Fsp3) is 0.917. The van der Waals surface area contributed by atoms with E-state index in [4.69, 9.17) is 4.74 Å². The Balaban J connectivity index is 2.45. The number of halogens is 3. The van der Waals surface area contributed by atoms with Crippen molar-refractivity contribution in [1.82, 2.24) is 10.6 Å². The zero-order chi connectivity index (χ0) is 15.1. The highest BCUT2D eigenvalue weighted by Gasteiger charge is 2.30. The van der Waals surface area contributed by atoms with Crippen LogP contribution in [0, 0.1) is 0 Å². The van der Waals surface area contributed by atoms with Crippen LogP contribution >= 0.6 is 0 Å². The molecule has 0 aliphatic carbocycles. The zero-order valence-electron chi connectivity index (χ0n) is 11.6. The maximum Gasteiger partial charge on any atom is 0.390 e. The zero-order valence-corrected chi connectivity index (χ0v) is 11.6. The molecule has 1 saturated heterocycles. The van der Waals surface area contributed by atoms with E-state index in [2.05, 4.69) is 15.6 Å². The summed E-state index contributed by atoms with van der Waals surface area (Å²) in [5, 5.41) is 15.7. The molecule has 118 valence electrons. The Morgan fingerprint density at radius 2 is 1.95 bits per heavy atom. The minimum atomic E-state index is -4.19. The quantitative estimate of drug-likeness (QED) is 0.524. The number of hydrogen-bond donors (Lipinski definition) is 3. The van der Waals surface area contributed by atoms with Gasteiger partial charge in [-0.15, -0.1) is 0 Å². The summed E-state index contributed by atoms with van der Waals surface area (Å²) in [6, 6.07) is 0. The maximum atomic E-state index is 12.1. The summed E-state index contributed by atoms with van der Waals surface area (Å²) < 4.78 is 41.4. The van der Waals surface area contributed by atoms with Crippen LogP contribution in [0.2, 0.25) is 0 Å². The van der Waals surface area contributed by atoms with Crippen molar-refractivity contribution < 1.29 is 23.0 Å². The molecule has 1 heterocycles. The summed E-state index contributed by atoms with van der Waals surface area (Å²) in [5.74, 6) is 0.289. The first-order valence-electron chi connectivity index (χ1n) is 6.74. The van der Waals surface area contributed by atoms with Gasteiger partial charge in [-0.3, -0.25) is 4.99 Å². The van der Waals surface area contributed by atoms with E-state index in [9.17, 15) is 18.3 Å². The molecule has 0 spiro atoms. The van der Waals surface area contributed by atoms with Gasteiger partial charge in [0.15, 0.2) is 5.96 Å². The largest absolute Gasteiger partial charge is 0.390 e. The summed E-state index contributed by atoms with van der Waals surface area (Å²) in [4.78, 5) is 4.15. The van der Waals surface area contributed by atoms with Gasteiger partial charge in [0.2, 0.25) is 0 Å². The summed E-state index contributed by atoms with van der Waals surface area (Å²) >= 11 is 0. The van der Waals surface area contributed by atoms with E-state index in [1.807, 2.05) is 6.92 Å². The molecule has 1 aliphatic heterocycles. The van der Waals surface area contributed by atoms with Crippen LogP contribution < -0.4 is 10.6 Å². The van der Waals surface area contributed by atoms with Crippen LogP contribution in [-0.4, -0.2) is 55.7 Å². The molecular weight excluding hydrogens is 275 g/mol. The van der Waals surface area contributed by atoms with Crippen LogP contribution in [0.3, 0.4) is 0 Å². The van der Waals surface area contributed by atoms with Crippen LogP contribution in [-0.2, 0) is 4.74 Å². The first-order valence-corrected chi connectivity index (χ1v) is 6.74. The molecule has 1 fully saturated rings. The van der Waals surface area contributed by atoms with Crippen molar-refractivity contribution in [3.05, 3.63) is 0 Å². The predicted molar refractivity (Wildman–Crippen MR) is 69.7 cm³/mol. The maximum absolute atomic E-state index is 12.1. The molecule has 0 aromatic heterocycles. The molecule has 0 amide bonds. The van der Waals surface area contributed by atoms with Crippen molar-refractivity contribution in [2.45, 2.75) is 38.0 Å². The van der Waals surface area contributed by atoms with Crippen molar-refractivity contribution in [3.63, 3.8) is 0 Å². The first-order chi connectivity index (χ1) is 9.35. The van der Waals surface area contributed by atoms with Gasteiger partial charge in [-0.25, -0.2) is 0 Å². The molecule has 0 atom stereocenters. The van der Waals surface area contributed by atoms with Crippen LogP contribution in [0.25, 0.3) is 0 Å². The van der Waals surface area contributed by atoms with Crippen LogP contribution in [0.15, 0.2) is 4.99 Å². The Bertz CT molecular complexity index is 316. The molecule has 1 rings (SSSR count). The monoisotopic (exact) mass is 297 g/mol. The Morgan fingerprint density at radius 3 is 2.50 bits per heavy atom. The molecule has 0 aromatic rings. The van der Waals surface area contributed by atoms with Crippen LogP contribution in [0.1, 0.15) is 26.2 Å². The third-order valence-corrected chi connectivity index (χ3v) is 3.00. The second-order valence-corrected chi connectivity index (χ2v) is 4.82. The van der Waals surface area contributed by atoms with Crippen molar-refractivity contribution in [2.24, 2.45) is 4.99 Å². The number of nitrogens with zero attached hydrogens (tertiary/aromatic N) is 1. The number of nitrogens with one attached hydrogen (secondary N) is 2. The van der Waals surface area contributed by atoms with Gasteiger partial charge in [0.05, 0.1) is 18.6 Å². The second kappa shape index (κ2) is 7.68. The lowest BCUT2D eigenvalue weighted by molar-refractivity contribution is -0.132. The molecule has 3 N–H and O–H groups in total. The van der Waals surface area contributed by atoms with Gasteiger partial charge in [0.25, 0.3) is 0 Å². The number of aliphatic hydroxyl groups is 1. The fourth-order valence-corrected chi connectivity index (χ4v) is 1.80. The van der Waals surface area contributed by atoms with Crippen molar-refractivity contribution >= 4 is 5.96 Å². The second-order valence-electron chi connectivity index (χ2n) is 4.82. The van der Waals surface area contributed by atoms with Gasteiger partial charge in [-0.05, 0) is 6.92 Å². The standard InChI is InChI=1S/C12H22F3N3O2/c1-2-16-10(17-6-3-12(13,14)15)18-9-11(19)4-7-20-8-5-11/h19H,2-9H2,1H3,(H2,16,17,18). The average molecular weight is 297 g/mol. The fourth-order valence-electron chi connectivity index (χ4n) is 1.80. The lowest BCUT2D eigenvalue weighted by Crippen LogP contribution is -2.43. The minimum Gasteiger partial charge on any atom is -0.388 e. The summed E-state index contributed by atoms with van der Waals surface area (Å²) in [6.07, 6.45) is -4.14. The van der Waals surface area contributed by atoms with Crippen LogP contribution in [0.5, 0.6) is 0 Å². The SMILES string of the molecule is CCNC(=NCC1(O)CCOCC1)NCCC(F)(F)F. The molecule has 0 bridgehead atoms. The Hall–Kier alpha value is -1.02. The minimum absolute atomic E-state index is 0.151. The van der Waals surface area contributed by atoms with E-state index in [-0.39, 0.29) is 19.0 Å². The topological polar surface area (TPSA) is 65.9 Å². The molecule has 0 saturated carbocycles.